The molecule has 1 aliphatic heterocycles. The number of carbonyl (C=O) groups excluding carboxylic acids is 1. The number of nitrogens with zero attached hydrogens (tertiary/aromatic N) is 3. The summed E-state index contributed by atoms with van der Waals surface area (Å²) in [7, 11) is -3.67. The Hall–Kier alpha value is -4.14. The summed E-state index contributed by atoms with van der Waals surface area (Å²) < 4.78 is 52.5. The van der Waals surface area contributed by atoms with Crippen molar-refractivity contribution >= 4 is 44.7 Å². The number of anilines is 2. The number of hydrogen-bond acceptors (Lipinski definition) is 8. The molecule has 298 valence electrons. The van der Waals surface area contributed by atoms with E-state index in [1.165, 1.54) is 0 Å². The Morgan fingerprint density at radius 2 is 1.65 bits per heavy atom. The number of benzene rings is 3. The lowest BCUT2D eigenvalue weighted by molar-refractivity contribution is -0.112. The summed E-state index contributed by atoms with van der Waals surface area (Å²) in [6.07, 6.45) is 13.0. The molecule has 2 heterocycles. The molecule has 0 saturated carbocycles. The molecule has 0 aliphatic carbocycles. The van der Waals surface area contributed by atoms with Gasteiger partial charge in [-0.25, -0.2) is 4.98 Å². The summed E-state index contributed by atoms with van der Waals surface area (Å²) in [5.41, 5.74) is 6.91. The van der Waals surface area contributed by atoms with Gasteiger partial charge >= 0.3 is 0 Å². The average molecular weight is 793 g/mol. The lowest BCUT2D eigenvalue weighted by atomic mass is 9.96. The fourth-order valence-electron chi connectivity index (χ4n) is 6.19. The fraction of sp³-hybridized carbons (Fsp3) is 0.429. The summed E-state index contributed by atoms with van der Waals surface area (Å²) in [4.78, 5) is 21.1. The van der Waals surface area contributed by atoms with E-state index in [1.807, 2.05) is 48.9 Å². The molecule has 5 rings (SSSR count). The molecule has 11 nitrogen and oxygen atoms in total. The van der Waals surface area contributed by atoms with E-state index in [0.717, 1.165) is 103 Å². The Balaban J connectivity index is 0.00000126. The minimum atomic E-state index is -3.67. The number of rotatable bonds is 18. The Kier molecular flexibility index (Phi) is 17.8. The number of aromatic nitrogens is 2. The summed E-state index contributed by atoms with van der Waals surface area (Å²) in [5, 5.41) is 3.10. The van der Waals surface area contributed by atoms with Crippen LogP contribution in [0.5, 0.6) is 5.75 Å². The van der Waals surface area contributed by atoms with Gasteiger partial charge < -0.3 is 28.8 Å². The maximum Gasteiger partial charge on any atom is 0.261 e. The zero-order chi connectivity index (χ0) is 39.6. The second-order valence-corrected chi connectivity index (χ2v) is 16.5. The van der Waals surface area contributed by atoms with Gasteiger partial charge in [-0.1, -0.05) is 45.4 Å². The Labute approximate surface area is 330 Å². The first kappa shape index (κ1) is 43.6. The maximum absolute atomic E-state index is 13.7. The third-order valence-corrected chi connectivity index (χ3v) is 10.2. The molecule has 1 aromatic heterocycles. The van der Waals surface area contributed by atoms with Gasteiger partial charge in [0.2, 0.25) is 0 Å². The predicted octanol–water partition coefficient (Wildman–Crippen LogP) is 8.04. The number of amides is 1. The van der Waals surface area contributed by atoms with Crippen molar-refractivity contribution in [2.45, 2.75) is 77.2 Å². The minimum absolute atomic E-state index is 0.108. The van der Waals surface area contributed by atoms with Crippen molar-refractivity contribution in [3.63, 3.8) is 0 Å². The molecule has 2 N–H and O–H groups in total. The van der Waals surface area contributed by atoms with Gasteiger partial charge in [-0.3, -0.25) is 9.35 Å². The monoisotopic (exact) mass is 792 g/mol. The zero-order valence-corrected chi connectivity index (χ0v) is 34.2. The van der Waals surface area contributed by atoms with Gasteiger partial charge in [-0.2, -0.15) is 8.42 Å². The van der Waals surface area contributed by atoms with E-state index in [1.54, 1.807) is 0 Å². The van der Waals surface area contributed by atoms with E-state index in [2.05, 4.69) is 76.9 Å². The summed E-state index contributed by atoms with van der Waals surface area (Å²) in [6, 6.07) is 22.1. The molecule has 1 aliphatic rings. The van der Waals surface area contributed by atoms with Crippen LogP contribution in [0.3, 0.4) is 0 Å². The van der Waals surface area contributed by atoms with Crippen LogP contribution in [0, 0.1) is 0 Å². The van der Waals surface area contributed by atoms with E-state index in [9.17, 15) is 17.8 Å². The zero-order valence-electron chi connectivity index (χ0n) is 32.5. The Bertz CT molecular complexity index is 1900. The predicted molar refractivity (Wildman–Crippen MR) is 223 cm³/mol. The molecular weight excluding hydrogens is 737 g/mol. The van der Waals surface area contributed by atoms with Crippen molar-refractivity contribution in [2.75, 3.05) is 55.1 Å². The van der Waals surface area contributed by atoms with Gasteiger partial charge in [0.05, 0.1) is 19.2 Å². The molecular formula is C42H56N4O7S2. The third kappa shape index (κ3) is 14.8. The normalized spacial score (nSPS) is 14.4. The van der Waals surface area contributed by atoms with Crippen LogP contribution in [0.1, 0.15) is 70.6 Å². The number of hydrogen-bond donors (Lipinski definition) is 2. The van der Waals surface area contributed by atoms with E-state index in [4.69, 9.17) is 14.0 Å². The number of fused-ring (bicyclic) bond motifs is 1. The number of ether oxygens (including phenoxy) is 2. The molecule has 0 fully saturated rings. The molecule has 0 bridgehead atoms. The molecule has 13 heteroatoms. The third-order valence-electron chi connectivity index (χ3n) is 8.87. The van der Waals surface area contributed by atoms with Crippen LogP contribution in [-0.4, -0.2) is 77.9 Å². The lowest BCUT2D eigenvalue weighted by Gasteiger charge is -2.29. The van der Waals surface area contributed by atoms with Crippen LogP contribution >= 0.6 is 0 Å². The Morgan fingerprint density at radius 3 is 2.35 bits per heavy atom. The molecule has 55 heavy (non-hydrogen) atoms. The highest BCUT2D eigenvalue weighted by Crippen LogP contribution is 2.33. The lowest BCUT2D eigenvalue weighted by Crippen LogP contribution is -2.28. The first-order valence-corrected chi connectivity index (χ1v) is 22.3. The van der Waals surface area contributed by atoms with Gasteiger partial charge in [-0.15, -0.1) is 0 Å². The van der Waals surface area contributed by atoms with E-state index in [-0.39, 0.29) is 5.91 Å². The highest BCUT2D eigenvalue weighted by atomic mass is 32.2. The summed E-state index contributed by atoms with van der Waals surface area (Å²) in [5.74, 6) is 1.24. The highest BCUT2D eigenvalue weighted by molar-refractivity contribution is 7.91. The van der Waals surface area contributed by atoms with E-state index < -0.39 is 21.3 Å². The summed E-state index contributed by atoms with van der Waals surface area (Å²) >= 11 is -1.14. The van der Waals surface area contributed by atoms with Crippen molar-refractivity contribution in [3.05, 3.63) is 96.1 Å². The van der Waals surface area contributed by atoms with Crippen LogP contribution in [0.2, 0.25) is 0 Å². The molecule has 1 amide bonds. The molecule has 0 unspecified atom stereocenters. The van der Waals surface area contributed by atoms with E-state index in [0.29, 0.717) is 43.8 Å². The van der Waals surface area contributed by atoms with Crippen LogP contribution in [0.4, 0.5) is 11.4 Å². The topological polar surface area (TPSA) is 146 Å². The van der Waals surface area contributed by atoms with Crippen molar-refractivity contribution in [3.8, 4) is 16.9 Å². The van der Waals surface area contributed by atoms with Crippen LogP contribution in [0.25, 0.3) is 17.2 Å². The van der Waals surface area contributed by atoms with Crippen molar-refractivity contribution in [2.24, 2.45) is 0 Å². The first-order valence-electron chi connectivity index (χ1n) is 19.1. The molecule has 1 atom stereocenters. The van der Waals surface area contributed by atoms with E-state index >= 15 is 0 Å². The maximum atomic E-state index is 13.7. The van der Waals surface area contributed by atoms with Gasteiger partial charge in [0.25, 0.3) is 16.0 Å². The van der Waals surface area contributed by atoms with Crippen LogP contribution in [0.15, 0.2) is 89.7 Å². The van der Waals surface area contributed by atoms with Gasteiger partial charge in [-0.05, 0) is 115 Å². The average Bonchev–Trinajstić information content (AvgIpc) is 3.60. The van der Waals surface area contributed by atoms with Crippen molar-refractivity contribution < 1.29 is 31.8 Å². The minimum Gasteiger partial charge on any atom is -0.611 e. The Morgan fingerprint density at radius 1 is 0.945 bits per heavy atom. The number of nitrogens with one attached hydrogen (secondary N) is 1. The molecule has 4 aromatic rings. The molecule has 0 saturated heterocycles. The SMILES string of the molecule is CCCCOCCOc1ccc(-c2ccc3c(c2)/C=C(/C(=O)Nc2ccc([S@@+]([O-])CCc4cncn4CCC)cc2)CCCN3CCC)cc1.CS(=O)(=O)O. The number of carbonyl (C=O) groups is 1. The van der Waals surface area contributed by atoms with Crippen molar-refractivity contribution in [1.82, 2.24) is 9.55 Å². The highest BCUT2D eigenvalue weighted by Gasteiger charge is 2.19. The molecule has 0 radical (unpaired) electrons. The summed E-state index contributed by atoms with van der Waals surface area (Å²) in [6.45, 7) is 11.1. The molecule has 3 aromatic carbocycles. The number of aryl methyl sites for hydroxylation is 2. The number of unbranched alkanes of at least 4 members (excludes halogenated alkanes) is 1. The van der Waals surface area contributed by atoms with Gasteiger partial charge in [0.15, 0.2) is 4.90 Å². The second-order valence-electron chi connectivity index (χ2n) is 13.5. The smallest absolute Gasteiger partial charge is 0.261 e. The van der Waals surface area contributed by atoms with Crippen molar-refractivity contribution in [1.29, 1.82) is 0 Å². The number of imidazole rings is 1. The van der Waals surface area contributed by atoms with Crippen LogP contribution < -0.4 is 15.0 Å². The second kappa shape index (κ2) is 22.4. The van der Waals surface area contributed by atoms with Crippen LogP contribution in [-0.2, 0) is 43.8 Å². The van der Waals surface area contributed by atoms with Gasteiger partial charge in [0, 0.05) is 61.5 Å². The standard InChI is InChI=1S/C41H52N4O4S.CH4O3S/c1-4-7-24-48-25-26-49-38-15-10-32(11-16-38)33-12-19-40-35(28-33)29-34(9-8-23-44(40)21-5-2)41(46)43-36-13-17-39(18-14-36)50(47)27-20-37-30-42-31-45(37)22-6-3;1-5(2,3)4/h10-19,28-31H,4-9,20-27H2,1-3H3,(H,43,46);1H3,(H,2,3,4)/b34-29+;/t50-;/m0./s1. The fourth-order valence-corrected chi connectivity index (χ4v) is 7.26. The first-order chi connectivity index (χ1) is 26.5. The molecule has 0 spiro atoms. The largest absolute Gasteiger partial charge is 0.611 e. The van der Waals surface area contributed by atoms with Gasteiger partial charge in [0.1, 0.15) is 18.1 Å². The quantitative estimate of drug-likeness (QED) is 0.0581.